The zero-order valence-electron chi connectivity index (χ0n) is 23.4. The maximum Gasteiger partial charge on any atom is 0.322 e. The van der Waals surface area contributed by atoms with Gasteiger partial charge in [-0.05, 0) is 60.4 Å². The van der Waals surface area contributed by atoms with Gasteiger partial charge in [0.25, 0.3) is 0 Å². The topological polar surface area (TPSA) is 139 Å². The zero-order valence-corrected chi connectivity index (χ0v) is 24.3. The Labute approximate surface area is 246 Å². The fourth-order valence-corrected chi connectivity index (χ4v) is 5.54. The van der Waals surface area contributed by atoms with Crippen molar-refractivity contribution in [2.45, 2.75) is 56.4 Å². The summed E-state index contributed by atoms with van der Waals surface area (Å²) in [5, 5.41) is 19.0. The van der Waals surface area contributed by atoms with E-state index in [0.29, 0.717) is 18.0 Å². The molecule has 0 saturated heterocycles. The summed E-state index contributed by atoms with van der Waals surface area (Å²) in [6.07, 6.45) is 9.42. The van der Waals surface area contributed by atoms with Gasteiger partial charge in [-0.15, -0.1) is 0 Å². The quantitative estimate of drug-likeness (QED) is 0.147. The summed E-state index contributed by atoms with van der Waals surface area (Å²) in [6.45, 7) is 2.92. The highest BCUT2D eigenvalue weighted by Crippen LogP contribution is 2.24. The molecule has 0 amide bonds. The molecule has 0 saturated carbocycles. The number of benzene rings is 3. The molecule has 0 bridgehead atoms. The van der Waals surface area contributed by atoms with Crippen molar-refractivity contribution in [2.24, 2.45) is 0 Å². The van der Waals surface area contributed by atoms with Crippen LogP contribution in [0.25, 0.3) is 22.5 Å². The molecule has 1 atom stereocenters. The Bertz CT molecular complexity index is 1540. The Morgan fingerprint density at radius 1 is 0.833 bits per heavy atom. The van der Waals surface area contributed by atoms with Crippen LogP contribution in [-0.2, 0) is 21.2 Å². The van der Waals surface area contributed by atoms with Crippen molar-refractivity contribution in [3.63, 3.8) is 0 Å². The smallest absolute Gasteiger partial charge is 0.322 e. The largest absolute Gasteiger partial charge is 0.508 e. The number of rotatable bonds is 15. The van der Waals surface area contributed by atoms with Crippen molar-refractivity contribution in [2.75, 3.05) is 6.61 Å². The van der Waals surface area contributed by atoms with Gasteiger partial charge in [0.2, 0.25) is 10.0 Å². The zero-order chi connectivity index (χ0) is 30.0. The van der Waals surface area contributed by atoms with Gasteiger partial charge in [-0.2, -0.15) is 4.72 Å². The maximum atomic E-state index is 12.6. The second-order valence-corrected chi connectivity index (χ2v) is 11.7. The first-order valence-electron chi connectivity index (χ1n) is 13.9. The third-order valence-corrected chi connectivity index (χ3v) is 8.24. The summed E-state index contributed by atoms with van der Waals surface area (Å²) in [6, 6.07) is 18.3. The molecule has 4 aromatic rings. The number of nitrogens with one attached hydrogen (secondary N) is 1. The Morgan fingerprint density at radius 3 is 2.07 bits per heavy atom. The molecule has 0 spiro atoms. The van der Waals surface area contributed by atoms with Gasteiger partial charge in [0.05, 0.1) is 11.5 Å². The minimum Gasteiger partial charge on any atom is -0.508 e. The molecule has 0 radical (unpaired) electrons. The van der Waals surface area contributed by atoms with Crippen LogP contribution >= 0.6 is 0 Å². The molecule has 1 unspecified atom stereocenters. The fourth-order valence-electron chi connectivity index (χ4n) is 4.35. The number of carboxylic acid groups (broad SMARTS) is 1. The molecule has 0 aliphatic carbocycles. The molecule has 0 aliphatic heterocycles. The predicted molar refractivity (Wildman–Crippen MR) is 161 cm³/mol. The van der Waals surface area contributed by atoms with E-state index < -0.39 is 22.0 Å². The number of aliphatic carboxylic acids is 1. The second-order valence-electron chi connectivity index (χ2n) is 9.99. The summed E-state index contributed by atoms with van der Waals surface area (Å²) in [7, 11) is -4.10. The lowest BCUT2D eigenvalue weighted by atomic mass is 10.0. The number of aromatic nitrogens is 2. The van der Waals surface area contributed by atoms with Crippen LogP contribution < -0.4 is 9.46 Å². The van der Waals surface area contributed by atoms with E-state index in [0.717, 1.165) is 28.9 Å². The molecular weight excluding hydrogens is 554 g/mol. The van der Waals surface area contributed by atoms with Gasteiger partial charge in [-0.3, -0.25) is 4.79 Å². The first-order valence-corrected chi connectivity index (χ1v) is 15.4. The van der Waals surface area contributed by atoms with Crippen LogP contribution in [0.2, 0.25) is 0 Å². The van der Waals surface area contributed by atoms with E-state index in [9.17, 15) is 23.4 Å². The van der Waals surface area contributed by atoms with Crippen LogP contribution in [-0.4, -0.2) is 47.2 Å². The van der Waals surface area contributed by atoms with E-state index in [1.807, 2.05) is 24.3 Å². The van der Waals surface area contributed by atoms with Gasteiger partial charge in [0.15, 0.2) is 5.82 Å². The molecule has 10 heteroatoms. The molecule has 9 nitrogen and oxygen atoms in total. The van der Waals surface area contributed by atoms with Gasteiger partial charge < -0.3 is 14.9 Å². The molecule has 0 fully saturated rings. The number of sulfonamides is 1. The third kappa shape index (κ3) is 8.61. The van der Waals surface area contributed by atoms with Gasteiger partial charge in [-0.25, -0.2) is 18.4 Å². The summed E-state index contributed by atoms with van der Waals surface area (Å²) in [5.74, 6) is -0.0473. The Kier molecular flexibility index (Phi) is 10.6. The standard InChI is InChI=1S/C32H35N3O6S/c1-2-3-4-5-6-19-41-28-15-11-24(12-16-28)26-21-33-31(34-22-26)25-9-7-23(8-10-25)20-30(32(37)38)35-42(39,40)29-17-13-27(36)14-18-29/h7-18,21-22,30,35-36H,2-6,19-20H2,1H3,(H,37,38). The van der Waals surface area contributed by atoms with Crippen LogP contribution in [0.1, 0.15) is 44.6 Å². The van der Waals surface area contributed by atoms with E-state index in [1.165, 1.54) is 49.9 Å². The summed E-state index contributed by atoms with van der Waals surface area (Å²) in [4.78, 5) is 20.7. The number of hydrogen-bond acceptors (Lipinski definition) is 7. The number of carbonyl (C=O) groups is 1. The van der Waals surface area contributed by atoms with Crippen LogP contribution in [0.4, 0.5) is 0 Å². The molecule has 220 valence electrons. The van der Waals surface area contributed by atoms with Crippen molar-refractivity contribution in [3.05, 3.63) is 90.8 Å². The summed E-state index contributed by atoms with van der Waals surface area (Å²) < 4.78 is 33.3. The Hall–Kier alpha value is -4.28. The average Bonchev–Trinajstić information content (AvgIpc) is 2.99. The summed E-state index contributed by atoms with van der Waals surface area (Å²) >= 11 is 0. The molecule has 4 rings (SSSR count). The second kappa shape index (κ2) is 14.6. The van der Waals surface area contributed by atoms with Crippen LogP contribution in [0.15, 0.2) is 90.1 Å². The minimum absolute atomic E-state index is 0.0642. The van der Waals surface area contributed by atoms with Crippen LogP contribution in [0, 0.1) is 0 Å². The van der Waals surface area contributed by atoms with Gasteiger partial charge >= 0.3 is 5.97 Å². The normalized spacial score (nSPS) is 12.1. The number of nitrogens with zero attached hydrogens (tertiary/aromatic N) is 2. The number of phenols is 1. The number of unbranched alkanes of at least 4 members (excludes halogenated alkanes) is 4. The highest BCUT2D eigenvalue weighted by Gasteiger charge is 2.25. The minimum atomic E-state index is -4.10. The lowest BCUT2D eigenvalue weighted by Crippen LogP contribution is -2.42. The maximum absolute atomic E-state index is 12.6. The van der Waals surface area contributed by atoms with Crippen molar-refractivity contribution < 1.29 is 28.2 Å². The Morgan fingerprint density at radius 2 is 1.45 bits per heavy atom. The number of hydrogen-bond donors (Lipinski definition) is 3. The molecule has 3 N–H and O–H groups in total. The monoisotopic (exact) mass is 589 g/mol. The number of aromatic hydroxyl groups is 1. The van der Waals surface area contributed by atoms with E-state index in [1.54, 1.807) is 36.7 Å². The van der Waals surface area contributed by atoms with E-state index in [4.69, 9.17) is 4.74 Å². The number of carboxylic acids is 1. The van der Waals surface area contributed by atoms with E-state index in [2.05, 4.69) is 21.6 Å². The van der Waals surface area contributed by atoms with Crippen molar-refractivity contribution in [3.8, 4) is 34.0 Å². The van der Waals surface area contributed by atoms with Gasteiger partial charge in [0, 0.05) is 23.5 Å². The van der Waals surface area contributed by atoms with E-state index in [-0.39, 0.29) is 17.1 Å². The number of phenolic OH excluding ortho intramolecular Hbond substituents is 1. The average molecular weight is 590 g/mol. The summed E-state index contributed by atoms with van der Waals surface area (Å²) in [5.41, 5.74) is 3.21. The molecular formula is C32H35N3O6S. The third-order valence-electron chi connectivity index (χ3n) is 6.75. The SMILES string of the molecule is CCCCCCCOc1ccc(-c2cnc(-c3ccc(CC(NS(=O)(=O)c4ccc(O)cc4)C(=O)O)cc3)nc2)cc1. The highest BCUT2D eigenvalue weighted by atomic mass is 32.2. The van der Waals surface area contributed by atoms with Crippen molar-refractivity contribution in [1.82, 2.24) is 14.7 Å². The molecule has 42 heavy (non-hydrogen) atoms. The predicted octanol–water partition coefficient (Wildman–Crippen LogP) is 5.84. The van der Waals surface area contributed by atoms with Gasteiger partial charge in [-0.1, -0.05) is 69.0 Å². The Balaban J connectivity index is 1.35. The molecule has 3 aromatic carbocycles. The lowest BCUT2D eigenvalue weighted by Gasteiger charge is -2.15. The number of ether oxygens (including phenoxy) is 1. The molecule has 1 aromatic heterocycles. The van der Waals surface area contributed by atoms with E-state index >= 15 is 0 Å². The first kappa shape index (κ1) is 30.7. The van der Waals surface area contributed by atoms with Crippen molar-refractivity contribution >= 4 is 16.0 Å². The van der Waals surface area contributed by atoms with Crippen LogP contribution in [0.5, 0.6) is 11.5 Å². The lowest BCUT2D eigenvalue weighted by molar-refractivity contribution is -0.138. The molecule has 1 heterocycles. The van der Waals surface area contributed by atoms with Crippen molar-refractivity contribution in [1.29, 1.82) is 0 Å². The van der Waals surface area contributed by atoms with Gasteiger partial charge in [0.1, 0.15) is 17.5 Å². The highest BCUT2D eigenvalue weighted by molar-refractivity contribution is 7.89. The fraction of sp³-hybridized carbons (Fsp3) is 0.281. The first-order chi connectivity index (χ1) is 20.2. The molecule has 0 aliphatic rings. The van der Waals surface area contributed by atoms with Crippen LogP contribution in [0.3, 0.4) is 0 Å².